The third kappa shape index (κ3) is 3.94. The average molecular weight is 295 g/mol. The number of rotatable bonds is 5. The fourth-order valence-corrected chi connectivity index (χ4v) is 2.30. The summed E-state index contributed by atoms with van der Waals surface area (Å²) in [6.07, 6.45) is 3.77. The van der Waals surface area contributed by atoms with Crippen LogP contribution in [0.2, 0.25) is 0 Å². The quantitative estimate of drug-likeness (QED) is 0.863. The van der Waals surface area contributed by atoms with Crippen LogP contribution in [0.3, 0.4) is 0 Å². The smallest absolute Gasteiger partial charge is 0.126 e. The van der Waals surface area contributed by atoms with Crippen molar-refractivity contribution in [2.75, 3.05) is 5.32 Å². The van der Waals surface area contributed by atoms with Crippen LogP contribution in [0, 0.1) is 5.92 Å². The number of nitrogens with one attached hydrogen (secondary N) is 1. The molecule has 0 amide bonds. The number of nitrogens with zero attached hydrogens (tertiary/aromatic N) is 2. The van der Waals surface area contributed by atoms with Gasteiger partial charge in [0.25, 0.3) is 0 Å². The van der Waals surface area contributed by atoms with E-state index in [-0.39, 0.29) is 0 Å². The molecule has 1 N–H and O–H groups in total. The van der Waals surface area contributed by atoms with E-state index in [0.29, 0.717) is 12.0 Å². The highest BCUT2D eigenvalue weighted by molar-refractivity contribution is 5.80. The highest BCUT2D eigenvalue weighted by atomic mass is 15.0. The summed E-state index contributed by atoms with van der Waals surface area (Å²) in [7, 11) is 0. The lowest BCUT2D eigenvalue weighted by Gasteiger charge is -2.16. The second-order valence-electron chi connectivity index (χ2n) is 6.16. The van der Waals surface area contributed by atoms with Crippen molar-refractivity contribution in [3.05, 3.63) is 59.6 Å². The topological polar surface area (TPSA) is 37.8 Å². The Hall–Kier alpha value is -2.16. The molecule has 0 atom stereocenters. The maximum Gasteiger partial charge on any atom is 0.126 e. The van der Waals surface area contributed by atoms with Crippen molar-refractivity contribution < 1.29 is 0 Å². The first-order valence-corrected chi connectivity index (χ1v) is 7.84. The largest absolute Gasteiger partial charge is 0.368 e. The van der Waals surface area contributed by atoms with E-state index in [2.05, 4.69) is 62.0 Å². The van der Waals surface area contributed by atoms with Crippen LogP contribution in [-0.2, 0) is 0 Å². The fourth-order valence-electron chi connectivity index (χ4n) is 2.30. The lowest BCUT2D eigenvalue weighted by atomic mass is 9.92. The van der Waals surface area contributed by atoms with Gasteiger partial charge in [-0.15, -0.1) is 0 Å². The third-order valence-corrected chi connectivity index (χ3v) is 3.67. The maximum atomic E-state index is 4.53. The number of hydrogen-bond donors (Lipinski definition) is 1. The highest BCUT2D eigenvalue weighted by Gasteiger charge is 2.13. The van der Waals surface area contributed by atoms with Crippen molar-refractivity contribution in [1.82, 2.24) is 9.97 Å². The second kappa shape index (κ2) is 7.21. The molecule has 2 aromatic heterocycles. The first-order valence-electron chi connectivity index (χ1n) is 7.84. The van der Waals surface area contributed by atoms with Crippen molar-refractivity contribution in [2.45, 2.75) is 40.7 Å². The monoisotopic (exact) mass is 295 g/mol. The van der Waals surface area contributed by atoms with Crippen LogP contribution in [0.1, 0.15) is 45.9 Å². The van der Waals surface area contributed by atoms with Gasteiger partial charge >= 0.3 is 0 Å². The van der Waals surface area contributed by atoms with Crippen LogP contribution in [-0.4, -0.2) is 16.0 Å². The van der Waals surface area contributed by atoms with Crippen LogP contribution in [0.4, 0.5) is 5.82 Å². The summed E-state index contributed by atoms with van der Waals surface area (Å²) in [6, 6.07) is 10.6. The predicted octanol–water partition coefficient (Wildman–Crippen LogP) is 4.77. The Morgan fingerprint density at radius 2 is 1.77 bits per heavy atom. The van der Waals surface area contributed by atoms with Gasteiger partial charge in [0.15, 0.2) is 0 Å². The fraction of sp³-hybridized carbons (Fsp3) is 0.368. The summed E-state index contributed by atoms with van der Waals surface area (Å²) in [4.78, 5) is 9.06. The molecule has 3 heteroatoms. The molecule has 22 heavy (non-hydrogen) atoms. The minimum Gasteiger partial charge on any atom is -0.368 e. The molecule has 2 heterocycles. The van der Waals surface area contributed by atoms with E-state index >= 15 is 0 Å². The first kappa shape index (κ1) is 16.2. The van der Waals surface area contributed by atoms with E-state index in [0.717, 1.165) is 17.1 Å². The van der Waals surface area contributed by atoms with Gasteiger partial charge < -0.3 is 5.32 Å². The summed E-state index contributed by atoms with van der Waals surface area (Å²) in [5.74, 6) is 1.37. The molecule has 116 valence electrons. The number of pyridine rings is 2. The minimum atomic E-state index is 0.376. The zero-order valence-electron chi connectivity index (χ0n) is 14.1. The van der Waals surface area contributed by atoms with E-state index < -0.39 is 0 Å². The molecule has 0 bridgehead atoms. The van der Waals surface area contributed by atoms with Gasteiger partial charge in [0.2, 0.25) is 0 Å². The van der Waals surface area contributed by atoms with Crippen LogP contribution < -0.4 is 5.32 Å². The van der Waals surface area contributed by atoms with Crippen molar-refractivity contribution in [1.29, 1.82) is 0 Å². The van der Waals surface area contributed by atoms with E-state index in [1.807, 2.05) is 30.6 Å². The number of hydrogen-bond acceptors (Lipinski definition) is 3. The van der Waals surface area contributed by atoms with Gasteiger partial charge in [-0.1, -0.05) is 25.5 Å². The Balaban J connectivity index is 2.45. The maximum absolute atomic E-state index is 4.53. The summed E-state index contributed by atoms with van der Waals surface area (Å²) in [6.45, 7) is 10.8. The summed E-state index contributed by atoms with van der Waals surface area (Å²) < 4.78 is 0. The van der Waals surface area contributed by atoms with Gasteiger partial charge in [0, 0.05) is 29.6 Å². The number of anilines is 1. The Labute approximate surface area is 133 Å². The third-order valence-electron chi connectivity index (χ3n) is 3.67. The SMILES string of the molecule is C/C(=C(/c1ccc(NC(C)C)nc1)c1ccccn1)C(C)C. The normalized spacial score (nSPS) is 12.5. The summed E-state index contributed by atoms with van der Waals surface area (Å²) >= 11 is 0. The Kier molecular flexibility index (Phi) is 5.31. The summed E-state index contributed by atoms with van der Waals surface area (Å²) in [5.41, 5.74) is 4.61. The molecule has 0 aliphatic rings. The Morgan fingerprint density at radius 3 is 2.27 bits per heavy atom. The molecule has 0 aromatic carbocycles. The Morgan fingerprint density at radius 1 is 1.00 bits per heavy atom. The van der Waals surface area contributed by atoms with Gasteiger partial charge in [0.05, 0.1) is 5.69 Å². The van der Waals surface area contributed by atoms with Crippen LogP contribution in [0.5, 0.6) is 0 Å². The molecular formula is C19H25N3. The van der Waals surface area contributed by atoms with Crippen LogP contribution in [0.25, 0.3) is 5.57 Å². The molecular weight excluding hydrogens is 270 g/mol. The van der Waals surface area contributed by atoms with Gasteiger partial charge in [-0.3, -0.25) is 4.98 Å². The lowest BCUT2D eigenvalue weighted by Crippen LogP contribution is -2.11. The molecule has 0 aliphatic heterocycles. The molecule has 0 spiro atoms. The minimum absolute atomic E-state index is 0.376. The molecule has 2 rings (SSSR count). The van der Waals surface area contributed by atoms with Crippen molar-refractivity contribution in [3.8, 4) is 0 Å². The predicted molar refractivity (Wildman–Crippen MR) is 93.8 cm³/mol. The molecule has 0 fully saturated rings. The van der Waals surface area contributed by atoms with E-state index in [4.69, 9.17) is 0 Å². The zero-order chi connectivity index (χ0) is 16.1. The molecule has 0 saturated carbocycles. The van der Waals surface area contributed by atoms with Gasteiger partial charge in [0.1, 0.15) is 5.82 Å². The Bertz CT molecular complexity index is 625. The first-order chi connectivity index (χ1) is 10.5. The molecule has 0 saturated heterocycles. The van der Waals surface area contributed by atoms with E-state index in [1.165, 1.54) is 11.1 Å². The van der Waals surface area contributed by atoms with Gasteiger partial charge in [-0.05, 0) is 51.0 Å². The molecule has 0 unspecified atom stereocenters. The molecule has 2 aromatic rings. The van der Waals surface area contributed by atoms with Crippen molar-refractivity contribution in [2.24, 2.45) is 5.92 Å². The number of aromatic nitrogens is 2. The van der Waals surface area contributed by atoms with Gasteiger partial charge in [-0.2, -0.15) is 0 Å². The van der Waals surface area contributed by atoms with Crippen molar-refractivity contribution in [3.63, 3.8) is 0 Å². The molecule has 3 nitrogen and oxygen atoms in total. The average Bonchev–Trinajstić information content (AvgIpc) is 2.49. The zero-order valence-corrected chi connectivity index (χ0v) is 14.1. The standard InChI is InChI=1S/C19H25N3/c1-13(2)15(5)19(17-8-6-7-11-20-17)16-9-10-18(21-12-16)22-14(3)4/h6-14H,1-5H3,(H,21,22)/b19-15+. The van der Waals surface area contributed by atoms with E-state index in [1.54, 1.807) is 0 Å². The van der Waals surface area contributed by atoms with Gasteiger partial charge in [-0.25, -0.2) is 4.98 Å². The summed E-state index contributed by atoms with van der Waals surface area (Å²) in [5, 5.41) is 3.32. The second-order valence-corrected chi connectivity index (χ2v) is 6.16. The lowest BCUT2D eigenvalue weighted by molar-refractivity contribution is 0.771. The molecule has 0 aliphatic carbocycles. The number of allylic oxidation sites excluding steroid dienone is 1. The van der Waals surface area contributed by atoms with Crippen molar-refractivity contribution >= 4 is 11.4 Å². The van der Waals surface area contributed by atoms with Crippen LogP contribution in [0.15, 0.2) is 48.3 Å². The van der Waals surface area contributed by atoms with E-state index in [9.17, 15) is 0 Å². The highest BCUT2D eigenvalue weighted by Crippen LogP contribution is 2.29. The molecule has 0 radical (unpaired) electrons. The van der Waals surface area contributed by atoms with Crippen LogP contribution >= 0.6 is 0 Å².